The van der Waals surface area contributed by atoms with E-state index in [4.69, 9.17) is 11.6 Å². The fourth-order valence-corrected chi connectivity index (χ4v) is 1.89. The molecule has 0 aromatic carbocycles. The summed E-state index contributed by atoms with van der Waals surface area (Å²) in [4.78, 5) is 15.3. The summed E-state index contributed by atoms with van der Waals surface area (Å²) in [6.45, 7) is 3.81. The van der Waals surface area contributed by atoms with Gasteiger partial charge >= 0.3 is 5.97 Å². The molecule has 16 heavy (non-hydrogen) atoms. The molecule has 1 aromatic rings. The molecule has 0 aliphatic rings. The Morgan fingerprint density at radius 1 is 1.44 bits per heavy atom. The van der Waals surface area contributed by atoms with Crippen LogP contribution in [-0.4, -0.2) is 16.1 Å². The van der Waals surface area contributed by atoms with E-state index in [1.807, 2.05) is 19.9 Å². The van der Waals surface area contributed by atoms with Gasteiger partial charge in [0.15, 0.2) is 0 Å². The van der Waals surface area contributed by atoms with Crippen molar-refractivity contribution in [1.82, 2.24) is 4.98 Å². The molecule has 1 aromatic heterocycles. The van der Waals surface area contributed by atoms with Gasteiger partial charge in [-0.25, -0.2) is 4.98 Å². The predicted molar refractivity (Wildman–Crippen MR) is 63.6 cm³/mol. The van der Waals surface area contributed by atoms with E-state index < -0.39 is 11.4 Å². The maximum Gasteiger partial charge on any atom is 0.309 e. The van der Waals surface area contributed by atoms with E-state index >= 15 is 0 Å². The number of aliphatic carboxylic acids is 1. The Balaban J connectivity index is 2.91. The molecule has 4 heteroatoms. The quantitative estimate of drug-likeness (QED) is 0.806. The Morgan fingerprint density at radius 2 is 2.06 bits per heavy atom. The number of aromatic nitrogens is 1. The predicted octanol–water partition coefficient (Wildman–Crippen LogP) is 3.17. The van der Waals surface area contributed by atoms with Crippen LogP contribution in [0.4, 0.5) is 0 Å². The van der Waals surface area contributed by atoms with Crippen molar-refractivity contribution in [3.05, 3.63) is 29.0 Å². The Labute approximate surface area is 100 Å². The average molecular weight is 242 g/mol. The minimum Gasteiger partial charge on any atom is -0.481 e. The van der Waals surface area contributed by atoms with Gasteiger partial charge < -0.3 is 5.11 Å². The molecule has 0 unspecified atom stereocenters. The first-order chi connectivity index (χ1) is 7.54. The smallest absolute Gasteiger partial charge is 0.309 e. The van der Waals surface area contributed by atoms with Gasteiger partial charge in [0.05, 0.1) is 5.41 Å². The molecule has 3 nitrogen and oxygen atoms in total. The van der Waals surface area contributed by atoms with Gasteiger partial charge in [0, 0.05) is 6.20 Å². The molecule has 1 N–H and O–H groups in total. The van der Waals surface area contributed by atoms with Gasteiger partial charge in [-0.1, -0.05) is 31.5 Å². The molecule has 1 heterocycles. The number of pyridine rings is 1. The van der Waals surface area contributed by atoms with Crippen LogP contribution in [0.1, 0.15) is 32.3 Å². The molecule has 0 spiro atoms. The lowest BCUT2D eigenvalue weighted by molar-refractivity contribution is -0.149. The van der Waals surface area contributed by atoms with Gasteiger partial charge in [0.25, 0.3) is 0 Å². The van der Waals surface area contributed by atoms with Crippen molar-refractivity contribution < 1.29 is 9.90 Å². The summed E-state index contributed by atoms with van der Waals surface area (Å²) in [7, 11) is 0. The van der Waals surface area contributed by atoms with Crippen LogP contribution in [0, 0.1) is 5.41 Å². The fraction of sp³-hybridized carbons (Fsp3) is 0.500. The van der Waals surface area contributed by atoms with Gasteiger partial charge in [-0.05, 0) is 30.9 Å². The zero-order valence-electron chi connectivity index (χ0n) is 9.53. The molecule has 0 aliphatic heterocycles. The summed E-state index contributed by atoms with van der Waals surface area (Å²) in [5.74, 6) is -0.743. The molecule has 0 saturated carbocycles. The van der Waals surface area contributed by atoms with Crippen molar-refractivity contribution in [2.24, 2.45) is 5.41 Å². The maximum atomic E-state index is 11.3. The lowest BCUT2D eigenvalue weighted by Gasteiger charge is -2.26. The lowest BCUT2D eigenvalue weighted by atomic mass is 9.77. The normalized spacial score (nSPS) is 11.4. The van der Waals surface area contributed by atoms with Gasteiger partial charge in [-0.15, -0.1) is 0 Å². The van der Waals surface area contributed by atoms with E-state index in [9.17, 15) is 9.90 Å². The highest BCUT2D eigenvalue weighted by atomic mass is 35.5. The number of carbonyl (C=O) groups is 1. The van der Waals surface area contributed by atoms with E-state index in [1.165, 1.54) is 0 Å². The molecule has 88 valence electrons. The van der Waals surface area contributed by atoms with Gasteiger partial charge in [-0.2, -0.15) is 0 Å². The van der Waals surface area contributed by atoms with Crippen LogP contribution >= 0.6 is 11.6 Å². The molecule has 0 saturated heterocycles. The van der Waals surface area contributed by atoms with Crippen molar-refractivity contribution >= 4 is 17.6 Å². The van der Waals surface area contributed by atoms with Gasteiger partial charge in [0.1, 0.15) is 5.15 Å². The number of halogens is 1. The van der Waals surface area contributed by atoms with Crippen molar-refractivity contribution in [2.75, 3.05) is 0 Å². The SMILES string of the molecule is CCC(CC)(Cc1ccc(Cl)nc1)C(=O)O. The zero-order chi connectivity index (χ0) is 12.2. The van der Waals surface area contributed by atoms with E-state index in [0.29, 0.717) is 24.4 Å². The average Bonchev–Trinajstić information content (AvgIpc) is 2.28. The van der Waals surface area contributed by atoms with Crippen LogP contribution in [0.15, 0.2) is 18.3 Å². The lowest BCUT2D eigenvalue weighted by Crippen LogP contribution is -2.32. The summed E-state index contributed by atoms with van der Waals surface area (Å²) >= 11 is 5.69. The minimum atomic E-state index is -0.743. The Bertz CT molecular complexity index is 358. The van der Waals surface area contributed by atoms with Crippen LogP contribution in [0.25, 0.3) is 0 Å². The van der Waals surface area contributed by atoms with Crippen molar-refractivity contribution in [2.45, 2.75) is 33.1 Å². The number of nitrogens with zero attached hydrogens (tertiary/aromatic N) is 1. The molecule has 0 amide bonds. The zero-order valence-corrected chi connectivity index (χ0v) is 10.3. The first-order valence-corrected chi connectivity index (χ1v) is 5.75. The molecule has 0 aliphatic carbocycles. The Hall–Kier alpha value is -1.09. The van der Waals surface area contributed by atoms with Gasteiger partial charge in [-0.3, -0.25) is 4.79 Å². The first-order valence-electron chi connectivity index (χ1n) is 5.38. The molecular formula is C12H16ClNO2. The highest BCUT2D eigenvalue weighted by Crippen LogP contribution is 2.31. The van der Waals surface area contributed by atoms with E-state index in [1.54, 1.807) is 12.3 Å². The summed E-state index contributed by atoms with van der Waals surface area (Å²) in [6.07, 6.45) is 3.37. The summed E-state index contributed by atoms with van der Waals surface area (Å²) < 4.78 is 0. The topological polar surface area (TPSA) is 50.2 Å². The van der Waals surface area contributed by atoms with Crippen molar-refractivity contribution in [3.8, 4) is 0 Å². The second-order valence-electron chi connectivity index (χ2n) is 3.96. The third-order valence-electron chi connectivity index (χ3n) is 3.14. The molecule has 0 radical (unpaired) electrons. The van der Waals surface area contributed by atoms with Crippen molar-refractivity contribution in [1.29, 1.82) is 0 Å². The number of hydrogen-bond donors (Lipinski definition) is 1. The summed E-state index contributed by atoms with van der Waals surface area (Å²) in [5.41, 5.74) is 0.227. The molecule has 1 rings (SSSR count). The van der Waals surface area contributed by atoms with E-state index in [0.717, 1.165) is 5.56 Å². The minimum absolute atomic E-state index is 0.428. The third-order valence-corrected chi connectivity index (χ3v) is 3.36. The van der Waals surface area contributed by atoms with E-state index in [2.05, 4.69) is 4.98 Å². The van der Waals surface area contributed by atoms with Crippen LogP contribution in [0.3, 0.4) is 0 Å². The van der Waals surface area contributed by atoms with Crippen LogP contribution < -0.4 is 0 Å². The number of hydrogen-bond acceptors (Lipinski definition) is 2. The molecule has 0 bridgehead atoms. The largest absolute Gasteiger partial charge is 0.481 e. The number of carboxylic acid groups (broad SMARTS) is 1. The first kappa shape index (κ1) is 13.0. The second-order valence-corrected chi connectivity index (χ2v) is 4.35. The van der Waals surface area contributed by atoms with Crippen LogP contribution in [0.5, 0.6) is 0 Å². The third kappa shape index (κ3) is 2.73. The Kier molecular flexibility index (Phi) is 4.30. The van der Waals surface area contributed by atoms with E-state index in [-0.39, 0.29) is 0 Å². The fourth-order valence-electron chi connectivity index (χ4n) is 1.78. The van der Waals surface area contributed by atoms with Crippen molar-refractivity contribution in [3.63, 3.8) is 0 Å². The second kappa shape index (κ2) is 5.30. The highest BCUT2D eigenvalue weighted by Gasteiger charge is 2.34. The maximum absolute atomic E-state index is 11.3. The summed E-state index contributed by atoms with van der Waals surface area (Å²) in [5, 5.41) is 9.72. The number of carboxylic acids is 1. The summed E-state index contributed by atoms with van der Waals surface area (Å²) in [6, 6.07) is 3.52. The van der Waals surface area contributed by atoms with Crippen LogP contribution in [0.2, 0.25) is 5.15 Å². The monoisotopic (exact) mass is 241 g/mol. The highest BCUT2D eigenvalue weighted by molar-refractivity contribution is 6.29. The molecule has 0 atom stereocenters. The molecular weight excluding hydrogens is 226 g/mol. The standard InChI is InChI=1S/C12H16ClNO2/c1-3-12(4-2,11(15)16)7-9-5-6-10(13)14-8-9/h5-6,8H,3-4,7H2,1-2H3,(H,15,16). The molecule has 0 fully saturated rings. The number of rotatable bonds is 5. The van der Waals surface area contributed by atoms with Gasteiger partial charge in [0.2, 0.25) is 0 Å². The Morgan fingerprint density at radius 3 is 2.44 bits per heavy atom. The van der Waals surface area contributed by atoms with Crippen LogP contribution in [-0.2, 0) is 11.2 Å².